The molecule has 0 spiro atoms. The smallest absolute Gasteiger partial charge is 0.323 e. The minimum Gasteiger partial charge on any atom is -0.480 e. The van der Waals surface area contributed by atoms with Crippen LogP contribution in [0, 0.1) is 11.8 Å². The number of carbonyl (C=O) groups is 2. The fraction of sp³-hybridized carbons (Fsp3) is 0.867. The lowest BCUT2D eigenvalue weighted by molar-refractivity contribution is -0.146. The van der Waals surface area contributed by atoms with Gasteiger partial charge in [0.05, 0.1) is 0 Å². The van der Waals surface area contributed by atoms with Crippen LogP contribution in [-0.4, -0.2) is 41.0 Å². The van der Waals surface area contributed by atoms with Crippen LogP contribution >= 0.6 is 0 Å². The quantitative estimate of drug-likeness (QED) is 0.644. The summed E-state index contributed by atoms with van der Waals surface area (Å²) in [6.07, 6.45) is 2.85. The monoisotopic (exact) mass is 286 g/mol. The van der Waals surface area contributed by atoms with Gasteiger partial charge >= 0.3 is 5.97 Å². The molecular weight excluding hydrogens is 256 g/mol. The molecule has 0 aromatic carbocycles. The van der Waals surface area contributed by atoms with Gasteiger partial charge in [-0.1, -0.05) is 20.8 Å². The van der Waals surface area contributed by atoms with Crippen molar-refractivity contribution in [2.24, 2.45) is 17.6 Å². The van der Waals surface area contributed by atoms with Gasteiger partial charge in [0.1, 0.15) is 6.54 Å². The highest BCUT2D eigenvalue weighted by Crippen LogP contribution is 2.21. The molecule has 0 aromatic heterocycles. The number of nitrogens with zero attached hydrogens (tertiary/aromatic N) is 1. The number of carboxylic acid groups (broad SMARTS) is 1. The largest absolute Gasteiger partial charge is 0.480 e. The SMILES string of the molecule is CCC(C)N(CC(=O)O)C(=O)CCC(CCN)C(C)C. The van der Waals surface area contributed by atoms with E-state index < -0.39 is 5.97 Å². The van der Waals surface area contributed by atoms with Crippen LogP contribution in [0.25, 0.3) is 0 Å². The Labute approximate surface area is 122 Å². The molecule has 2 atom stereocenters. The van der Waals surface area contributed by atoms with Gasteiger partial charge in [-0.25, -0.2) is 0 Å². The van der Waals surface area contributed by atoms with E-state index in [1.54, 1.807) is 0 Å². The lowest BCUT2D eigenvalue weighted by Gasteiger charge is -2.28. The van der Waals surface area contributed by atoms with E-state index in [1.807, 2.05) is 13.8 Å². The van der Waals surface area contributed by atoms with E-state index in [0.29, 0.717) is 24.8 Å². The van der Waals surface area contributed by atoms with Crippen LogP contribution < -0.4 is 5.73 Å². The first-order valence-corrected chi connectivity index (χ1v) is 7.54. The second kappa shape index (κ2) is 9.75. The number of nitrogens with two attached hydrogens (primary N) is 1. The Balaban J connectivity index is 4.54. The number of amides is 1. The number of hydrogen-bond donors (Lipinski definition) is 2. The summed E-state index contributed by atoms with van der Waals surface area (Å²) in [4.78, 5) is 24.6. The molecule has 0 aliphatic carbocycles. The maximum absolute atomic E-state index is 12.2. The minimum atomic E-state index is -0.957. The number of carboxylic acids is 1. The van der Waals surface area contributed by atoms with Gasteiger partial charge in [0.15, 0.2) is 0 Å². The first-order valence-electron chi connectivity index (χ1n) is 7.54. The molecule has 2 unspecified atom stereocenters. The molecule has 0 saturated heterocycles. The molecule has 0 heterocycles. The molecule has 0 fully saturated rings. The average Bonchev–Trinajstić information content (AvgIpc) is 2.38. The summed E-state index contributed by atoms with van der Waals surface area (Å²) in [6, 6.07) is -0.0365. The van der Waals surface area contributed by atoms with Crippen molar-refractivity contribution >= 4 is 11.9 Å². The summed E-state index contributed by atoms with van der Waals surface area (Å²) in [5.74, 6) is -0.110. The van der Waals surface area contributed by atoms with Gasteiger partial charge in [-0.2, -0.15) is 0 Å². The molecule has 0 radical (unpaired) electrons. The van der Waals surface area contributed by atoms with Crippen LogP contribution in [0.5, 0.6) is 0 Å². The van der Waals surface area contributed by atoms with Crippen LogP contribution in [0.2, 0.25) is 0 Å². The zero-order valence-electron chi connectivity index (χ0n) is 13.3. The van der Waals surface area contributed by atoms with Crippen molar-refractivity contribution in [1.82, 2.24) is 4.90 Å². The van der Waals surface area contributed by atoms with E-state index >= 15 is 0 Å². The normalized spacial score (nSPS) is 14.1. The Bertz CT molecular complexity index is 305. The highest BCUT2D eigenvalue weighted by atomic mass is 16.4. The van der Waals surface area contributed by atoms with Crippen molar-refractivity contribution in [1.29, 1.82) is 0 Å². The van der Waals surface area contributed by atoms with E-state index in [0.717, 1.165) is 19.3 Å². The summed E-state index contributed by atoms with van der Waals surface area (Å²) in [6.45, 7) is 8.53. The molecule has 0 aliphatic heterocycles. The fourth-order valence-electron chi connectivity index (χ4n) is 2.33. The predicted octanol–water partition coefficient (Wildman–Crippen LogP) is 2.10. The Hall–Kier alpha value is -1.10. The standard InChI is InChI=1S/C15H30N2O3/c1-5-12(4)17(10-15(19)20)14(18)7-6-13(8-9-16)11(2)3/h11-13H,5-10,16H2,1-4H3,(H,19,20). The lowest BCUT2D eigenvalue weighted by Crippen LogP contribution is -2.42. The van der Waals surface area contributed by atoms with E-state index in [1.165, 1.54) is 4.90 Å². The molecule has 0 rings (SSSR count). The highest BCUT2D eigenvalue weighted by molar-refractivity contribution is 5.81. The number of carbonyl (C=O) groups excluding carboxylic acids is 1. The molecule has 0 saturated carbocycles. The Morgan fingerprint density at radius 1 is 1.20 bits per heavy atom. The van der Waals surface area contributed by atoms with Gasteiger partial charge in [0.25, 0.3) is 0 Å². The van der Waals surface area contributed by atoms with Gasteiger partial charge in [-0.3, -0.25) is 9.59 Å². The van der Waals surface area contributed by atoms with Gasteiger partial charge in [0.2, 0.25) is 5.91 Å². The Morgan fingerprint density at radius 2 is 1.80 bits per heavy atom. The van der Waals surface area contributed by atoms with Crippen LogP contribution in [-0.2, 0) is 9.59 Å². The maximum atomic E-state index is 12.2. The van der Waals surface area contributed by atoms with E-state index in [9.17, 15) is 9.59 Å². The Morgan fingerprint density at radius 3 is 2.20 bits per heavy atom. The highest BCUT2D eigenvalue weighted by Gasteiger charge is 2.23. The van der Waals surface area contributed by atoms with Crippen LogP contribution in [0.3, 0.4) is 0 Å². The van der Waals surface area contributed by atoms with Gasteiger partial charge in [0, 0.05) is 12.5 Å². The third-order valence-electron chi connectivity index (χ3n) is 3.96. The topological polar surface area (TPSA) is 83.6 Å². The van der Waals surface area contributed by atoms with Gasteiger partial charge < -0.3 is 15.7 Å². The second-order valence-electron chi connectivity index (χ2n) is 5.79. The number of rotatable bonds is 10. The fourth-order valence-corrected chi connectivity index (χ4v) is 2.33. The third-order valence-corrected chi connectivity index (χ3v) is 3.96. The predicted molar refractivity (Wildman–Crippen MR) is 80.3 cm³/mol. The van der Waals surface area contributed by atoms with Crippen LogP contribution in [0.4, 0.5) is 0 Å². The van der Waals surface area contributed by atoms with E-state index in [4.69, 9.17) is 10.8 Å². The summed E-state index contributed by atoms with van der Waals surface area (Å²) in [7, 11) is 0. The summed E-state index contributed by atoms with van der Waals surface area (Å²) in [5, 5.41) is 8.92. The molecule has 1 amide bonds. The lowest BCUT2D eigenvalue weighted by atomic mass is 9.88. The first kappa shape index (κ1) is 18.9. The van der Waals surface area contributed by atoms with Gasteiger partial charge in [-0.05, 0) is 44.6 Å². The summed E-state index contributed by atoms with van der Waals surface area (Å²) < 4.78 is 0. The Kier molecular flexibility index (Phi) is 9.21. The summed E-state index contributed by atoms with van der Waals surface area (Å²) in [5.41, 5.74) is 5.60. The molecule has 118 valence electrons. The first-order chi connectivity index (χ1) is 9.33. The van der Waals surface area contributed by atoms with E-state index in [-0.39, 0.29) is 18.5 Å². The number of hydrogen-bond acceptors (Lipinski definition) is 3. The van der Waals surface area contributed by atoms with Crippen LogP contribution in [0.15, 0.2) is 0 Å². The maximum Gasteiger partial charge on any atom is 0.323 e. The number of aliphatic carboxylic acids is 1. The van der Waals surface area contributed by atoms with Crippen molar-refractivity contribution in [3.63, 3.8) is 0 Å². The van der Waals surface area contributed by atoms with Crippen LogP contribution in [0.1, 0.15) is 53.4 Å². The molecule has 5 heteroatoms. The van der Waals surface area contributed by atoms with Crippen molar-refractivity contribution < 1.29 is 14.7 Å². The summed E-state index contributed by atoms with van der Waals surface area (Å²) >= 11 is 0. The molecule has 3 N–H and O–H groups in total. The van der Waals surface area contributed by atoms with Crippen molar-refractivity contribution in [3.8, 4) is 0 Å². The molecular formula is C15H30N2O3. The molecule has 0 aliphatic rings. The van der Waals surface area contributed by atoms with Crippen molar-refractivity contribution in [2.45, 2.75) is 59.4 Å². The van der Waals surface area contributed by atoms with Crippen molar-refractivity contribution in [2.75, 3.05) is 13.1 Å². The average molecular weight is 286 g/mol. The molecule has 0 bridgehead atoms. The second-order valence-corrected chi connectivity index (χ2v) is 5.79. The van der Waals surface area contributed by atoms with Crippen molar-refractivity contribution in [3.05, 3.63) is 0 Å². The zero-order valence-corrected chi connectivity index (χ0v) is 13.3. The van der Waals surface area contributed by atoms with Gasteiger partial charge in [-0.15, -0.1) is 0 Å². The van der Waals surface area contributed by atoms with E-state index in [2.05, 4.69) is 13.8 Å². The zero-order chi connectivity index (χ0) is 15.7. The molecule has 5 nitrogen and oxygen atoms in total. The molecule has 0 aromatic rings. The molecule has 20 heavy (non-hydrogen) atoms. The minimum absolute atomic E-state index is 0.0365. The third kappa shape index (κ3) is 6.89.